The quantitative estimate of drug-likeness (QED) is 0.560. The van der Waals surface area contributed by atoms with Crippen molar-refractivity contribution < 1.29 is 14.3 Å². The minimum Gasteiger partial charge on any atom is -0.469 e. The standard InChI is InChI=1S/C22H22N2O3S/c1-16-20(28-21(23-16)18-11-7-4-8-12-18)22(26)24(14-13-19(25)27-2)15-17-9-5-3-6-10-17/h3-12H,13-15H2,1-2H3. The van der Waals surface area contributed by atoms with E-state index in [-0.39, 0.29) is 18.3 Å². The molecule has 3 rings (SSSR count). The van der Waals surface area contributed by atoms with Gasteiger partial charge in [0.2, 0.25) is 0 Å². The third kappa shape index (κ3) is 4.84. The van der Waals surface area contributed by atoms with E-state index in [2.05, 4.69) is 4.98 Å². The topological polar surface area (TPSA) is 59.5 Å². The number of hydrogen-bond acceptors (Lipinski definition) is 5. The first kappa shape index (κ1) is 19.8. The molecule has 0 bridgehead atoms. The van der Waals surface area contributed by atoms with Gasteiger partial charge in [-0.15, -0.1) is 11.3 Å². The molecule has 0 fully saturated rings. The van der Waals surface area contributed by atoms with Crippen LogP contribution < -0.4 is 0 Å². The number of thiazole rings is 1. The number of aryl methyl sites for hydroxylation is 1. The first-order chi connectivity index (χ1) is 13.6. The molecule has 0 atom stereocenters. The lowest BCUT2D eigenvalue weighted by Gasteiger charge is -2.22. The first-order valence-electron chi connectivity index (χ1n) is 9.01. The molecule has 1 aromatic heterocycles. The summed E-state index contributed by atoms with van der Waals surface area (Å²) in [6.45, 7) is 2.56. The van der Waals surface area contributed by atoms with Gasteiger partial charge >= 0.3 is 5.97 Å². The largest absolute Gasteiger partial charge is 0.469 e. The van der Waals surface area contributed by atoms with Crippen LogP contribution in [-0.4, -0.2) is 35.4 Å². The predicted molar refractivity (Wildman–Crippen MR) is 110 cm³/mol. The highest BCUT2D eigenvalue weighted by atomic mass is 32.1. The van der Waals surface area contributed by atoms with Gasteiger partial charge in [-0.25, -0.2) is 4.98 Å². The van der Waals surface area contributed by atoms with Gasteiger partial charge in [-0.05, 0) is 12.5 Å². The molecule has 0 unspecified atom stereocenters. The van der Waals surface area contributed by atoms with Crippen LogP contribution in [0.5, 0.6) is 0 Å². The summed E-state index contributed by atoms with van der Waals surface area (Å²) in [4.78, 5) is 31.7. The first-order valence-corrected chi connectivity index (χ1v) is 9.83. The maximum absolute atomic E-state index is 13.3. The minimum atomic E-state index is -0.336. The van der Waals surface area contributed by atoms with E-state index in [1.165, 1.54) is 18.4 Å². The lowest BCUT2D eigenvalue weighted by atomic mass is 10.2. The number of carbonyl (C=O) groups excluding carboxylic acids is 2. The number of benzene rings is 2. The Morgan fingerprint density at radius 3 is 2.32 bits per heavy atom. The molecule has 3 aromatic rings. The predicted octanol–water partition coefficient (Wildman–Crippen LogP) is 4.32. The molecule has 0 radical (unpaired) electrons. The Kier molecular flexibility index (Phi) is 6.55. The molecule has 2 aromatic carbocycles. The van der Waals surface area contributed by atoms with Gasteiger partial charge < -0.3 is 9.64 Å². The highest BCUT2D eigenvalue weighted by Gasteiger charge is 2.23. The van der Waals surface area contributed by atoms with Crippen LogP contribution in [0.3, 0.4) is 0 Å². The van der Waals surface area contributed by atoms with E-state index in [4.69, 9.17) is 4.74 Å². The Balaban J connectivity index is 1.85. The van der Waals surface area contributed by atoms with E-state index >= 15 is 0 Å². The van der Waals surface area contributed by atoms with Crippen LogP contribution in [0.25, 0.3) is 10.6 Å². The van der Waals surface area contributed by atoms with Gasteiger partial charge in [0.1, 0.15) is 9.88 Å². The third-order valence-electron chi connectivity index (χ3n) is 4.33. The maximum Gasteiger partial charge on any atom is 0.307 e. The molecular formula is C22H22N2O3S. The monoisotopic (exact) mass is 394 g/mol. The van der Waals surface area contributed by atoms with E-state index < -0.39 is 0 Å². The number of rotatable bonds is 7. The summed E-state index contributed by atoms with van der Waals surface area (Å²) in [5.41, 5.74) is 2.69. The van der Waals surface area contributed by atoms with Crippen molar-refractivity contribution in [1.82, 2.24) is 9.88 Å². The van der Waals surface area contributed by atoms with Crippen LogP contribution in [0.15, 0.2) is 60.7 Å². The van der Waals surface area contributed by atoms with Crippen molar-refractivity contribution in [3.8, 4) is 10.6 Å². The van der Waals surface area contributed by atoms with Crippen molar-refractivity contribution in [2.24, 2.45) is 0 Å². The molecule has 0 N–H and O–H groups in total. The minimum absolute atomic E-state index is 0.120. The van der Waals surface area contributed by atoms with Crippen molar-refractivity contribution in [1.29, 1.82) is 0 Å². The third-order valence-corrected chi connectivity index (χ3v) is 5.52. The van der Waals surface area contributed by atoms with Crippen molar-refractivity contribution >= 4 is 23.2 Å². The van der Waals surface area contributed by atoms with E-state index in [1.807, 2.05) is 67.6 Å². The van der Waals surface area contributed by atoms with Crippen molar-refractivity contribution in [3.05, 3.63) is 76.8 Å². The van der Waals surface area contributed by atoms with Gasteiger partial charge in [0.15, 0.2) is 0 Å². The van der Waals surface area contributed by atoms with Crippen LogP contribution in [0, 0.1) is 6.92 Å². The lowest BCUT2D eigenvalue weighted by Crippen LogP contribution is -2.32. The highest BCUT2D eigenvalue weighted by molar-refractivity contribution is 7.17. The van der Waals surface area contributed by atoms with E-state index in [9.17, 15) is 9.59 Å². The fraction of sp³-hybridized carbons (Fsp3) is 0.227. The zero-order valence-corrected chi connectivity index (χ0v) is 16.7. The number of hydrogen-bond donors (Lipinski definition) is 0. The van der Waals surface area contributed by atoms with Crippen molar-refractivity contribution in [3.63, 3.8) is 0 Å². The molecule has 0 spiro atoms. The summed E-state index contributed by atoms with van der Waals surface area (Å²) in [7, 11) is 1.35. The van der Waals surface area contributed by atoms with Crippen LogP contribution >= 0.6 is 11.3 Å². The number of ether oxygens (including phenoxy) is 1. The smallest absolute Gasteiger partial charge is 0.307 e. The molecule has 0 saturated carbocycles. The van der Waals surface area contributed by atoms with Crippen LogP contribution in [0.2, 0.25) is 0 Å². The average molecular weight is 394 g/mol. The molecule has 28 heavy (non-hydrogen) atoms. The van der Waals surface area contributed by atoms with Crippen LogP contribution in [-0.2, 0) is 16.1 Å². The molecule has 1 heterocycles. The van der Waals surface area contributed by atoms with Gasteiger partial charge in [0.25, 0.3) is 5.91 Å². The van der Waals surface area contributed by atoms with Gasteiger partial charge in [-0.3, -0.25) is 9.59 Å². The van der Waals surface area contributed by atoms with Crippen molar-refractivity contribution in [2.75, 3.05) is 13.7 Å². The number of aromatic nitrogens is 1. The fourth-order valence-electron chi connectivity index (χ4n) is 2.83. The summed E-state index contributed by atoms with van der Waals surface area (Å²) in [6.07, 6.45) is 0.151. The summed E-state index contributed by atoms with van der Waals surface area (Å²) in [5, 5.41) is 0.814. The number of esters is 1. The molecule has 0 aliphatic heterocycles. The second-order valence-corrected chi connectivity index (χ2v) is 7.34. The molecule has 0 saturated heterocycles. The number of nitrogens with zero attached hydrogens (tertiary/aromatic N) is 2. The zero-order chi connectivity index (χ0) is 19.9. The average Bonchev–Trinajstić information content (AvgIpc) is 3.13. The Morgan fingerprint density at radius 2 is 1.68 bits per heavy atom. The fourth-order valence-corrected chi connectivity index (χ4v) is 3.87. The van der Waals surface area contributed by atoms with E-state index in [0.29, 0.717) is 23.7 Å². The SMILES string of the molecule is COC(=O)CCN(Cc1ccccc1)C(=O)c1sc(-c2ccccc2)nc1C. The van der Waals surface area contributed by atoms with Crippen molar-refractivity contribution in [2.45, 2.75) is 19.9 Å². The number of methoxy groups -OCH3 is 1. The highest BCUT2D eigenvalue weighted by Crippen LogP contribution is 2.29. The van der Waals surface area contributed by atoms with Gasteiger partial charge in [0.05, 0.1) is 19.2 Å². The second kappa shape index (κ2) is 9.28. The lowest BCUT2D eigenvalue weighted by molar-refractivity contribution is -0.140. The summed E-state index contributed by atoms with van der Waals surface area (Å²) in [6, 6.07) is 19.5. The molecule has 0 aliphatic carbocycles. The van der Waals surface area contributed by atoms with Crippen LogP contribution in [0.4, 0.5) is 0 Å². The Labute approximate surface area is 168 Å². The maximum atomic E-state index is 13.3. The Hall–Kier alpha value is -2.99. The zero-order valence-electron chi connectivity index (χ0n) is 15.9. The summed E-state index contributed by atoms with van der Waals surface area (Å²) in [5.74, 6) is -0.457. The molecule has 1 amide bonds. The normalized spacial score (nSPS) is 10.5. The summed E-state index contributed by atoms with van der Waals surface area (Å²) < 4.78 is 4.74. The molecule has 0 aliphatic rings. The Bertz CT molecular complexity index is 939. The molecule has 5 nitrogen and oxygen atoms in total. The summed E-state index contributed by atoms with van der Waals surface area (Å²) >= 11 is 1.38. The number of carbonyl (C=O) groups is 2. The van der Waals surface area contributed by atoms with Gasteiger partial charge in [0, 0.05) is 18.7 Å². The van der Waals surface area contributed by atoms with E-state index in [1.54, 1.807) is 4.90 Å². The van der Waals surface area contributed by atoms with E-state index in [0.717, 1.165) is 16.1 Å². The Morgan fingerprint density at radius 1 is 1.04 bits per heavy atom. The second-order valence-electron chi connectivity index (χ2n) is 6.34. The molecule has 144 valence electrons. The molecule has 6 heteroatoms. The van der Waals surface area contributed by atoms with Crippen LogP contribution in [0.1, 0.15) is 27.3 Å². The van der Waals surface area contributed by atoms with Gasteiger partial charge in [-0.2, -0.15) is 0 Å². The number of amides is 1. The van der Waals surface area contributed by atoms with Gasteiger partial charge in [-0.1, -0.05) is 60.7 Å². The molecular weight excluding hydrogens is 372 g/mol.